The smallest absolute Gasteiger partial charge is 0.295 e. The quantitative estimate of drug-likeness (QED) is 0.638. The molecular weight excluding hydrogens is 259 g/mol. The Bertz CT molecular complexity index is 473. The van der Waals surface area contributed by atoms with Gasteiger partial charge in [0.05, 0.1) is 11.0 Å². The Kier molecular flexibility index (Phi) is 4.93. The summed E-state index contributed by atoms with van der Waals surface area (Å²) in [5, 5.41) is 14.3. The van der Waals surface area contributed by atoms with Crippen molar-refractivity contribution in [2.75, 3.05) is 5.32 Å². The summed E-state index contributed by atoms with van der Waals surface area (Å²) in [7, 11) is 0. The van der Waals surface area contributed by atoms with E-state index in [4.69, 9.17) is 0 Å². The van der Waals surface area contributed by atoms with Crippen molar-refractivity contribution in [2.24, 2.45) is 5.92 Å². The summed E-state index contributed by atoms with van der Waals surface area (Å²) in [5.74, 6) is -0.0219. The van der Waals surface area contributed by atoms with Crippen molar-refractivity contribution in [3.05, 3.63) is 34.1 Å². The number of nitrogens with one attached hydrogen (secondary N) is 1. The van der Waals surface area contributed by atoms with Crippen LogP contribution in [-0.2, 0) is 0 Å². The minimum Gasteiger partial charge on any atom is -0.376 e. The van der Waals surface area contributed by atoms with Crippen molar-refractivity contribution < 1.29 is 9.31 Å². The van der Waals surface area contributed by atoms with E-state index < -0.39 is 10.7 Å². The van der Waals surface area contributed by atoms with Crippen LogP contribution < -0.4 is 5.32 Å². The van der Waals surface area contributed by atoms with Gasteiger partial charge in [-0.15, -0.1) is 0 Å². The first-order valence-corrected chi connectivity index (χ1v) is 7.32. The standard InChI is InChI=1S/C15H21FN2O2/c1-2-13(11-6-4-3-5-7-11)17-14-9-8-12(16)10-15(14)18(19)20/h8-11,13,17H,2-7H2,1H3. The highest BCUT2D eigenvalue weighted by atomic mass is 19.1. The monoisotopic (exact) mass is 280 g/mol. The summed E-state index contributed by atoms with van der Waals surface area (Å²) in [4.78, 5) is 10.5. The molecule has 5 heteroatoms. The number of anilines is 1. The lowest BCUT2D eigenvalue weighted by atomic mass is 9.83. The highest BCUT2D eigenvalue weighted by Crippen LogP contribution is 2.32. The molecule has 0 aromatic heterocycles. The molecule has 0 spiro atoms. The van der Waals surface area contributed by atoms with Gasteiger partial charge in [0, 0.05) is 6.04 Å². The number of nitro benzene ring substituents is 1. The zero-order valence-corrected chi connectivity index (χ0v) is 11.8. The zero-order chi connectivity index (χ0) is 14.5. The van der Waals surface area contributed by atoms with Gasteiger partial charge in [0.2, 0.25) is 0 Å². The molecule has 0 amide bonds. The molecule has 1 aliphatic carbocycles. The Morgan fingerprint density at radius 3 is 2.70 bits per heavy atom. The summed E-state index contributed by atoms with van der Waals surface area (Å²) >= 11 is 0. The molecule has 0 radical (unpaired) electrons. The van der Waals surface area contributed by atoms with Gasteiger partial charge < -0.3 is 5.32 Å². The number of hydrogen-bond donors (Lipinski definition) is 1. The van der Waals surface area contributed by atoms with Crippen LogP contribution in [0.5, 0.6) is 0 Å². The molecule has 110 valence electrons. The summed E-state index contributed by atoms with van der Waals surface area (Å²) < 4.78 is 13.1. The van der Waals surface area contributed by atoms with Crippen molar-refractivity contribution in [1.29, 1.82) is 0 Å². The molecule has 1 aliphatic rings. The first-order valence-electron chi connectivity index (χ1n) is 7.32. The second-order valence-corrected chi connectivity index (χ2v) is 5.48. The maximum atomic E-state index is 13.1. The van der Waals surface area contributed by atoms with Crippen LogP contribution in [0.15, 0.2) is 18.2 Å². The van der Waals surface area contributed by atoms with Gasteiger partial charge in [0.1, 0.15) is 11.5 Å². The van der Waals surface area contributed by atoms with E-state index in [0.717, 1.165) is 12.5 Å². The van der Waals surface area contributed by atoms with Crippen molar-refractivity contribution in [2.45, 2.75) is 51.5 Å². The fraction of sp³-hybridized carbons (Fsp3) is 0.600. The normalized spacial score (nSPS) is 17.7. The maximum absolute atomic E-state index is 13.1. The van der Waals surface area contributed by atoms with E-state index in [-0.39, 0.29) is 11.7 Å². The van der Waals surface area contributed by atoms with Crippen LogP contribution in [-0.4, -0.2) is 11.0 Å². The van der Waals surface area contributed by atoms with Crippen LogP contribution in [0.4, 0.5) is 15.8 Å². The van der Waals surface area contributed by atoms with Gasteiger partial charge in [-0.1, -0.05) is 26.2 Å². The Labute approximate surface area is 118 Å². The molecule has 4 nitrogen and oxygen atoms in total. The molecule has 0 saturated heterocycles. The molecule has 1 N–H and O–H groups in total. The third-order valence-corrected chi connectivity index (χ3v) is 4.16. The Hall–Kier alpha value is -1.65. The van der Waals surface area contributed by atoms with E-state index in [1.165, 1.54) is 44.2 Å². The second-order valence-electron chi connectivity index (χ2n) is 5.48. The Morgan fingerprint density at radius 2 is 2.10 bits per heavy atom. The van der Waals surface area contributed by atoms with Crippen LogP contribution in [0.3, 0.4) is 0 Å². The van der Waals surface area contributed by atoms with Crippen LogP contribution in [0, 0.1) is 21.8 Å². The molecule has 20 heavy (non-hydrogen) atoms. The predicted octanol–water partition coefficient (Wildman–Crippen LogP) is 4.50. The number of nitrogens with zero attached hydrogens (tertiary/aromatic N) is 1. The number of nitro groups is 1. The topological polar surface area (TPSA) is 55.2 Å². The summed E-state index contributed by atoms with van der Waals surface area (Å²) in [5.41, 5.74) is 0.244. The number of hydrogen-bond acceptors (Lipinski definition) is 3. The SMILES string of the molecule is CCC(Nc1ccc(F)cc1[N+](=O)[O-])C1CCCCC1. The van der Waals surface area contributed by atoms with Gasteiger partial charge >= 0.3 is 0 Å². The first kappa shape index (κ1) is 14.8. The highest BCUT2D eigenvalue weighted by Gasteiger charge is 2.24. The fourth-order valence-corrected chi connectivity index (χ4v) is 3.07. The number of rotatable bonds is 5. The third-order valence-electron chi connectivity index (χ3n) is 4.16. The molecule has 1 saturated carbocycles. The lowest BCUT2D eigenvalue weighted by Gasteiger charge is -2.30. The van der Waals surface area contributed by atoms with Crippen molar-refractivity contribution in [1.82, 2.24) is 0 Å². The molecule has 1 aromatic rings. The van der Waals surface area contributed by atoms with Crippen LogP contribution in [0.25, 0.3) is 0 Å². The number of benzene rings is 1. The molecule has 1 atom stereocenters. The van der Waals surface area contributed by atoms with E-state index in [1.807, 2.05) is 0 Å². The largest absolute Gasteiger partial charge is 0.376 e. The molecule has 0 heterocycles. The van der Waals surface area contributed by atoms with Crippen molar-refractivity contribution in [3.8, 4) is 0 Å². The van der Waals surface area contributed by atoms with Crippen molar-refractivity contribution >= 4 is 11.4 Å². The van der Waals surface area contributed by atoms with Crippen LogP contribution in [0.2, 0.25) is 0 Å². The van der Waals surface area contributed by atoms with Gasteiger partial charge in [-0.3, -0.25) is 10.1 Å². The molecule has 1 fully saturated rings. The summed E-state index contributed by atoms with van der Waals surface area (Å²) in [6.07, 6.45) is 6.99. The first-order chi connectivity index (χ1) is 9.61. The molecule has 1 unspecified atom stereocenters. The zero-order valence-electron chi connectivity index (χ0n) is 11.8. The molecular formula is C15H21FN2O2. The summed E-state index contributed by atoms with van der Waals surface area (Å²) in [6.45, 7) is 2.08. The second kappa shape index (κ2) is 6.68. The lowest BCUT2D eigenvalue weighted by molar-refractivity contribution is -0.384. The van der Waals surface area contributed by atoms with Gasteiger partial charge in [0.15, 0.2) is 0 Å². The summed E-state index contributed by atoms with van der Waals surface area (Å²) in [6, 6.07) is 3.94. The third kappa shape index (κ3) is 3.46. The lowest BCUT2D eigenvalue weighted by Crippen LogP contribution is -2.30. The van der Waals surface area contributed by atoms with Gasteiger partial charge in [-0.05, 0) is 37.3 Å². The molecule has 0 bridgehead atoms. The van der Waals surface area contributed by atoms with Crippen molar-refractivity contribution in [3.63, 3.8) is 0 Å². The van der Waals surface area contributed by atoms with Crippen LogP contribution >= 0.6 is 0 Å². The van der Waals surface area contributed by atoms with E-state index in [1.54, 1.807) is 0 Å². The highest BCUT2D eigenvalue weighted by molar-refractivity contribution is 5.61. The minimum absolute atomic E-state index is 0.181. The average molecular weight is 280 g/mol. The Balaban J connectivity index is 2.16. The van der Waals surface area contributed by atoms with E-state index >= 15 is 0 Å². The predicted molar refractivity (Wildman–Crippen MR) is 77.3 cm³/mol. The van der Waals surface area contributed by atoms with E-state index in [0.29, 0.717) is 11.6 Å². The maximum Gasteiger partial charge on any atom is 0.295 e. The van der Waals surface area contributed by atoms with E-state index in [9.17, 15) is 14.5 Å². The fourth-order valence-electron chi connectivity index (χ4n) is 3.07. The van der Waals surface area contributed by atoms with Gasteiger partial charge in [0.25, 0.3) is 5.69 Å². The van der Waals surface area contributed by atoms with E-state index in [2.05, 4.69) is 12.2 Å². The Morgan fingerprint density at radius 1 is 1.40 bits per heavy atom. The van der Waals surface area contributed by atoms with Crippen LogP contribution in [0.1, 0.15) is 45.4 Å². The molecule has 0 aliphatic heterocycles. The molecule has 2 rings (SSSR count). The number of halogens is 1. The average Bonchev–Trinajstić information content (AvgIpc) is 2.46. The van der Waals surface area contributed by atoms with Gasteiger partial charge in [-0.2, -0.15) is 0 Å². The molecule has 1 aromatic carbocycles. The van der Waals surface area contributed by atoms with Gasteiger partial charge in [-0.25, -0.2) is 4.39 Å². The minimum atomic E-state index is -0.576.